The van der Waals surface area contributed by atoms with Crippen LogP contribution >= 0.6 is 0 Å². The number of carboxylic acids is 1. The lowest BCUT2D eigenvalue weighted by Crippen LogP contribution is -2.42. The van der Waals surface area contributed by atoms with Gasteiger partial charge in [0.15, 0.2) is 5.78 Å². The Labute approximate surface area is 244 Å². The Bertz CT molecular complexity index is 1280. The highest BCUT2D eigenvalue weighted by atomic mass is 19.4. The van der Waals surface area contributed by atoms with Crippen LogP contribution in [0.3, 0.4) is 0 Å². The Morgan fingerprint density at radius 3 is 1.86 bits per heavy atom. The van der Waals surface area contributed by atoms with Crippen molar-refractivity contribution >= 4 is 23.6 Å². The average molecular weight is 593 g/mol. The summed E-state index contributed by atoms with van der Waals surface area (Å²) in [5, 5.41) is 26.9. The summed E-state index contributed by atoms with van der Waals surface area (Å²) in [5.74, 6) is -3.07. The number of likely N-dealkylation sites (tertiary alicyclic amines) is 1. The van der Waals surface area contributed by atoms with E-state index in [0.717, 1.165) is 5.56 Å². The molecule has 1 saturated heterocycles. The van der Waals surface area contributed by atoms with Crippen molar-refractivity contribution in [2.24, 2.45) is 5.92 Å². The Balaban J connectivity index is 0.000000782. The van der Waals surface area contributed by atoms with Crippen LogP contribution in [0.25, 0.3) is 0 Å². The van der Waals surface area contributed by atoms with E-state index in [-0.39, 0.29) is 40.7 Å². The number of aliphatic carboxylic acids is 1. The van der Waals surface area contributed by atoms with Gasteiger partial charge in [0.25, 0.3) is 0 Å². The molecule has 0 aliphatic carbocycles. The monoisotopic (exact) mass is 592 g/mol. The second-order valence-electron chi connectivity index (χ2n) is 12.3. The fourth-order valence-electron chi connectivity index (χ4n) is 4.73. The summed E-state index contributed by atoms with van der Waals surface area (Å²) in [7, 11) is 1.33. The molecule has 8 nitrogen and oxygen atoms in total. The van der Waals surface area contributed by atoms with Crippen molar-refractivity contribution in [3.05, 3.63) is 64.7 Å². The molecule has 1 aliphatic rings. The molecule has 0 aromatic heterocycles. The number of phenolic OH excluding ortho intramolecular Hbond substituents is 1. The molecule has 0 saturated carbocycles. The second-order valence-corrected chi connectivity index (χ2v) is 12.3. The molecule has 2 aromatic rings. The summed E-state index contributed by atoms with van der Waals surface area (Å²) in [6, 6.07) is 12.7. The van der Waals surface area contributed by atoms with Crippen LogP contribution in [0.2, 0.25) is 0 Å². The zero-order chi connectivity index (χ0) is 32.2. The van der Waals surface area contributed by atoms with E-state index in [0.29, 0.717) is 29.5 Å². The number of phenols is 1. The molecule has 3 N–H and O–H groups in total. The number of hydrogen-bond donors (Lipinski definition) is 3. The molecule has 1 heterocycles. The number of Topliss-reactive ketones (excluding diaryl/α,β-unsaturated/α-hetero) is 1. The molecule has 42 heavy (non-hydrogen) atoms. The highest BCUT2D eigenvalue weighted by Gasteiger charge is 2.42. The van der Waals surface area contributed by atoms with Crippen molar-refractivity contribution in [3.63, 3.8) is 0 Å². The first-order valence-electron chi connectivity index (χ1n) is 13.4. The number of benzene rings is 2. The van der Waals surface area contributed by atoms with E-state index < -0.39 is 24.2 Å². The van der Waals surface area contributed by atoms with Gasteiger partial charge in [0, 0.05) is 22.6 Å². The van der Waals surface area contributed by atoms with Crippen LogP contribution in [0.5, 0.6) is 5.75 Å². The summed E-state index contributed by atoms with van der Waals surface area (Å²) in [6.45, 7) is 11.9. The lowest BCUT2D eigenvalue weighted by Gasteiger charge is -2.29. The molecule has 2 unspecified atom stereocenters. The third-order valence-corrected chi connectivity index (χ3v) is 6.98. The molecule has 0 radical (unpaired) electrons. The fraction of sp³-hybridized carbons (Fsp3) is 0.484. The van der Waals surface area contributed by atoms with Crippen molar-refractivity contribution < 1.29 is 42.5 Å². The number of aromatic hydroxyl groups is 1. The number of carboxylic acid groups (broad SMARTS) is 1. The normalized spacial score (nSPS) is 17.4. The maximum Gasteiger partial charge on any atom is 0.490 e. The van der Waals surface area contributed by atoms with Crippen LogP contribution in [-0.2, 0) is 31.6 Å². The molecule has 230 valence electrons. The number of carbonyl (C=O) groups excluding carboxylic acids is 2. The Morgan fingerprint density at radius 1 is 0.976 bits per heavy atom. The minimum absolute atomic E-state index is 0.0954. The van der Waals surface area contributed by atoms with Crippen molar-refractivity contribution in [2.45, 2.75) is 77.4 Å². The predicted octanol–water partition coefficient (Wildman–Crippen LogP) is 5.89. The number of methoxy groups -OCH3 is 1. The number of ether oxygens (including phenoxy) is 1. The second kappa shape index (κ2) is 13.0. The maximum absolute atomic E-state index is 13.6. The van der Waals surface area contributed by atoms with Gasteiger partial charge in [-0.05, 0) is 41.4 Å². The van der Waals surface area contributed by atoms with E-state index in [1.807, 2.05) is 71.9 Å². The minimum Gasteiger partial charge on any atom is -0.507 e. The molecule has 3 rings (SSSR count). The number of nitrogens with one attached hydrogen (secondary N) is 1. The Kier molecular flexibility index (Phi) is 10.6. The van der Waals surface area contributed by atoms with Crippen LogP contribution < -0.4 is 0 Å². The molecule has 2 aromatic carbocycles. The van der Waals surface area contributed by atoms with Gasteiger partial charge >= 0.3 is 18.1 Å². The quantitative estimate of drug-likeness (QED) is 0.282. The van der Waals surface area contributed by atoms with Gasteiger partial charge in [-0.15, -0.1) is 0 Å². The fourth-order valence-corrected chi connectivity index (χ4v) is 4.73. The van der Waals surface area contributed by atoms with Gasteiger partial charge in [-0.2, -0.15) is 13.2 Å². The molecular weight excluding hydrogens is 553 g/mol. The van der Waals surface area contributed by atoms with E-state index in [1.54, 1.807) is 17.0 Å². The first-order chi connectivity index (χ1) is 19.2. The molecule has 1 fully saturated rings. The Hall–Kier alpha value is -3.89. The molecular formula is C31H39F3N2O6. The number of esters is 1. The van der Waals surface area contributed by atoms with Crippen LogP contribution in [0.15, 0.2) is 42.5 Å². The van der Waals surface area contributed by atoms with Crippen LogP contribution in [0.1, 0.15) is 75.0 Å². The SMILES string of the molecule is COC(=O)C1CC(Cc2ccccc2)C(=N)N1CC(=O)c1cc(C(C)(C)C)c(O)c(C(C)(C)C)c1.O=C(O)C(F)(F)F. The number of hydrogen-bond acceptors (Lipinski definition) is 6. The lowest BCUT2D eigenvalue weighted by molar-refractivity contribution is -0.192. The molecule has 0 bridgehead atoms. The average Bonchev–Trinajstić information content (AvgIpc) is 3.17. The minimum atomic E-state index is -5.08. The number of ketones is 1. The van der Waals surface area contributed by atoms with Gasteiger partial charge in [0.2, 0.25) is 0 Å². The zero-order valence-corrected chi connectivity index (χ0v) is 24.9. The van der Waals surface area contributed by atoms with Gasteiger partial charge < -0.3 is 19.8 Å². The molecule has 0 spiro atoms. The number of rotatable bonds is 6. The summed E-state index contributed by atoms with van der Waals surface area (Å²) in [5.41, 5.74) is 2.24. The third kappa shape index (κ3) is 8.56. The highest BCUT2D eigenvalue weighted by Crippen LogP contribution is 2.40. The van der Waals surface area contributed by atoms with Crippen molar-refractivity contribution in [2.75, 3.05) is 13.7 Å². The number of carbonyl (C=O) groups is 3. The predicted molar refractivity (Wildman–Crippen MR) is 152 cm³/mol. The van der Waals surface area contributed by atoms with Crippen LogP contribution in [0, 0.1) is 11.3 Å². The topological polar surface area (TPSA) is 128 Å². The van der Waals surface area contributed by atoms with Gasteiger partial charge in [0.1, 0.15) is 17.6 Å². The van der Waals surface area contributed by atoms with Crippen molar-refractivity contribution in [3.8, 4) is 5.75 Å². The zero-order valence-electron chi connectivity index (χ0n) is 24.9. The van der Waals surface area contributed by atoms with Gasteiger partial charge in [-0.1, -0.05) is 71.9 Å². The number of nitrogens with zero attached hydrogens (tertiary/aromatic N) is 1. The smallest absolute Gasteiger partial charge is 0.490 e. The lowest BCUT2D eigenvalue weighted by atomic mass is 9.78. The van der Waals surface area contributed by atoms with Gasteiger partial charge in [-0.3, -0.25) is 10.2 Å². The van der Waals surface area contributed by atoms with E-state index in [4.69, 9.17) is 20.0 Å². The van der Waals surface area contributed by atoms with Crippen molar-refractivity contribution in [1.82, 2.24) is 4.90 Å². The van der Waals surface area contributed by atoms with E-state index >= 15 is 0 Å². The third-order valence-electron chi connectivity index (χ3n) is 6.98. The van der Waals surface area contributed by atoms with Crippen LogP contribution in [0.4, 0.5) is 13.2 Å². The largest absolute Gasteiger partial charge is 0.507 e. The highest BCUT2D eigenvalue weighted by molar-refractivity contribution is 6.02. The van der Waals surface area contributed by atoms with Gasteiger partial charge in [-0.25, -0.2) is 9.59 Å². The summed E-state index contributed by atoms with van der Waals surface area (Å²) in [6.07, 6.45) is -4.02. The summed E-state index contributed by atoms with van der Waals surface area (Å²) < 4.78 is 36.8. The van der Waals surface area contributed by atoms with Crippen molar-refractivity contribution in [1.29, 1.82) is 5.41 Å². The van der Waals surface area contributed by atoms with E-state index in [9.17, 15) is 27.9 Å². The number of alkyl halides is 3. The Morgan fingerprint density at radius 2 is 1.45 bits per heavy atom. The number of halogens is 3. The first kappa shape index (κ1) is 34.3. The van der Waals surface area contributed by atoms with E-state index in [1.165, 1.54) is 7.11 Å². The molecule has 11 heteroatoms. The van der Waals surface area contributed by atoms with Crippen LogP contribution in [-0.4, -0.2) is 64.5 Å². The number of amidine groups is 1. The maximum atomic E-state index is 13.6. The molecule has 0 amide bonds. The summed E-state index contributed by atoms with van der Waals surface area (Å²) >= 11 is 0. The summed E-state index contributed by atoms with van der Waals surface area (Å²) in [4.78, 5) is 36.6. The molecule has 2 atom stereocenters. The first-order valence-corrected chi connectivity index (χ1v) is 13.4. The standard InChI is InChI=1S/C29H38N2O4.C2HF3O2/c1-28(2,3)21-14-19(15-22(25(21)33)29(4,5)6)24(32)17-31-23(27(34)35-7)16-20(26(31)30)13-18-11-9-8-10-12-18;3-2(4,5)1(6)7/h8-12,14-15,20,23,30,33H,13,16-17H2,1-7H3;(H,6,7). The molecule has 1 aliphatic heterocycles. The van der Waals surface area contributed by atoms with E-state index in [2.05, 4.69) is 0 Å². The van der Waals surface area contributed by atoms with Gasteiger partial charge in [0.05, 0.1) is 13.7 Å².